The van der Waals surface area contributed by atoms with E-state index in [1.165, 1.54) is 7.11 Å². The lowest BCUT2D eigenvalue weighted by atomic mass is 10.1. The molecule has 0 aliphatic rings. The summed E-state index contributed by atoms with van der Waals surface area (Å²) in [6.07, 6.45) is 4.62. The highest BCUT2D eigenvalue weighted by molar-refractivity contribution is 5.90. The van der Waals surface area contributed by atoms with Crippen LogP contribution < -0.4 is 0 Å². The molecule has 0 amide bonds. The second-order valence-electron chi connectivity index (χ2n) is 5.17. The predicted molar refractivity (Wildman–Crippen MR) is 81.4 cm³/mol. The van der Waals surface area contributed by atoms with Crippen molar-refractivity contribution in [3.8, 4) is 0 Å². The van der Waals surface area contributed by atoms with Crippen LogP contribution in [0.2, 0.25) is 0 Å². The number of likely N-dealkylation sites (N-methyl/N-ethyl adjacent to an activating group) is 1. The average Bonchev–Trinajstić information content (AvgIpc) is 2.92. The molecule has 112 valence electrons. The fourth-order valence-corrected chi connectivity index (χ4v) is 2.19. The third-order valence-corrected chi connectivity index (χ3v) is 3.35. The number of benzene rings is 1. The minimum absolute atomic E-state index is 0.305. The second kappa shape index (κ2) is 7.04. The molecule has 5 heteroatoms. The molecule has 0 N–H and O–H groups in total. The molecular formula is C16H21N3O2. The molecule has 1 aromatic heterocycles. The van der Waals surface area contributed by atoms with E-state index in [4.69, 9.17) is 4.74 Å². The van der Waals surface area contributed by atoms with Gasteiger partial charge in [-0.25, -0.2) is 9.78 Å². The Morgan fingerprint density at radius 1 is 1.33 bits per heavy atom. The summed E-state index contributed by atoms with van der Waals surface area (Å²) in [7, 11) is 5.48. The Labute approximate surface area is 125 Å². The molecule has 0 spiro atoms. The third-order valence-electron chi connectivity index (χ3n) is 3.35. The summed E-state index contributed by atoms with van der Waals surface area (Å²) in [5, 5.41) is 0. The number of esters is 1. The highest BCUT2D eigenvalue weighted by atomic mass is 16.5. The minimum atomic E-state index is -0.305. The smallest absolute Gasteiger partial charge is 0.338 e. The van der Waals surface area contributed by atoms with Crippen molar-refractivity contribution < 1.29 is 9.53 Å². The van der Waals surface area contributed by atoms with Crippen LogP contribution in [0.15, 0.2) is 36.7 Å². The molecule has 5 nitrogen and oxygen atoms in total. The number of imidazole rings is 1. The maximum Gasteiger partial charge on any atom is 0.338 e. The van der Waals surface area contributed by atoms with Crippen molar-refractivity contribution in [3.05, 3.63) is 53.6 Å². The quantitative estimate of drug-likeness (QED) is 0.760. The Kier molecular flexibility index (Phi) is 5.11. The van der Waals surface area contributed by atoms with Crippen LogP contribution >= 0.6 is 0 Å². The highest BCUT2D eigenvalue weighted by Crippen LogP contribution is 2.13. The number of carbonyl (C=O) groups is 1. The van der Waals surface area contributed by atoms with E-state index in [0.717, 1.165) is 24.4 Å². The molecule has 0 saturated carbocycles. The van der Waals surface area contributed by atoms with Gasteiger partial charge < -0.3 is 14.2 Å². The lowest BCUT2D eigenvalue weighted by Crippen LogP contribution is -2.18. The number of nitrogens with zero attached hydrogens (tertiary/aromatic N) is 3. The van der Waals surface area contributed by atoms with Crippen LogP contribution in [0.1, 0.15) is 21.7 Å². The van der Waals surface area contributed by atoms with Gasteiger partial charge in [0, 0.05) is 31.9 Å². The number of carbonyl (C=O) groups excluding carboxylic acids is 1. The number of aromatic nitrogens is 2. The van der Waals surface area contributed by atoms with Crippen molar-refractivity contribution in [2.45, 2.75) is 13.0 Å². The average molecular weight is 287 g/mol. The summed E-state index contributed by atoms with van der Waals surface area (Å²) in [6.45, 7) is 1.56. The van der Waals surface area contributed by atoms with Crippen LogP contribution in [-0.2, 0) is 17.7 Å². The van der Waals surface area contributed by atoms with Crippen LogP contribution in [0.5, 0.6) is 0 Å². The van der Waals surface area contributed by atoms with Gasteiger partial charge in [0.1, 0.15) is 5.82 Å². The molecule has 0 fully saturated rings. The maximum absolute atomic E-state index is 11.8. The normalized spacial score (nSPS) is 10.9. The van der Waals surface area contributed by atoms with Crippen molar-refractivity contribution in [1.29, 1.82) is 0 Å². The van der Waals surface area contributed by atoms with E-state index in [1.807, 2.05) is 38.5 Å². The molecule has 0 unspecified atom stereocenters. The van der Waals surface area contributed by atoms with Crippen molar-refractivity contribution in [3.63, 3.8) is 0 Å². The first-order chi connectivity index (χ1) is 10.1. The summed E-state index contributed by atoms with van der Waals surface area (Å²) in [5.74, 6) is 0.712. The molecule has 1 heterocycles. The number of hydrogen-bond acceptors (Lipinski definition) is 4. The Bertz CT molecular complexity index is 605. The molecule has 2 aromatic rings. The van der Waals surface area contributed by atoms with Crippen LogP contribution in [0, 0.1) is 0 Å². The molecular weight excluding hydrogens is 266 g/mol. The van der Waals surface area contributed by atoms with Crippen molar-refractivity contribution in [2.75, 3.05) is 27.7 Å². The van der Waals surface area contributed by atoms with Crippen molar-refractivity contribution in [1.82, 2.24) is 14.5 Å². The fourth-order valence-electron chi connectivity index (χ4n) is 2.19. The van der Waals surface area contributed by atoms with Gasteiger partial charge in [-0.05, 0) is 25.7 Å². The standard InChI is InChI=1S/C16H21N3O2/c1-18(2)10-8-15-17-9-11-19(15)12-13-6-4-5-7-14(13)16(20)21-3/h4-7,9,11H,8,10,12H2,1-3H3. The number of ether oxygens (including phenoxy) is 1. The predicted octanol–water partition coefficient (Wildman–Crippen LogP) is 1.82. The topological polar surface area (TPSA) is 47.4 Å². The van der Waals surface area contributed by atoms with E-state index in [0.29, 0.717) is 12.1 Å². The van der Waals surface area contributed by atoms with Crippen LogP contribution in [0.4, 0.5) is 0 Å². The first kappa shape index (κ1) is 15.3. The zero-order chi connectivity index (χ0) is 15.2. The first-order valence-corrected chi connectivity index (χ1v) is 6.92. The number of hydrogen-bond donors (Lipinski definition) is 0. The SMILES string of the molecule is COC(=O)c1ccccc1Cn1ccnc1CCN(C)C. The van der Waals surface area contributed by atoms with Gasteiger partial charge >= 0.3 is 5.97 Å². The van der Waals surface area contributed by atoms with Gasteiger partial charge in [0.05, 0.1) is 12.7 Å². The minimum Gasteiger partial charge on any atom is -0.465 e. The van der Waals surface area contributed by atoms with Gasteiger partial charge in [-0.3, -0.25) is 0 Å². The van der Waals surface area contributed by atoms with Gasteiger partial charge in [-0.15, -0.1) is 0 Å². The molecule has 0 aliphatic carbocycles. The third kappa shape index (κ3) is 3.92. The summed E-state index contributed by atoms with van der Waals surface area (Å²) in [5.41, 5.74) is 1.54. The summed E-state index contributed by atoms with van der Waals surface area (Å²) < 4.78 is 6.91. The Morgan fingerprint density at radius 2 is 2.10 bits per heavy atom. The van der Waals surface area contributed by atoms with E-state index in [1.54, 1.807) is 12.3 Å². The molecule has 0 bridgehead atoms. The summed E-state index contributed by atoms with van der Waals surface area (Å²) in [6, 6.07) is 7.51. The van der Waals surface area contributed by atoms with Crippen LogP contribution in [-0.4, -0.2) is 48.2 Å². The Balaban J connectivity index is 2.19. The lowest BCUT2D eigenvalue weighted by molar-refractivity contribution is 0.0599. The van der Waals surface area contributed by atoms with Gasteiger partial charge in [-0.2, -0.15) is 0 Å². The lowest BCUT2D eigenvalue weighted by Gasteiger charge is -2.13. The monoisotopic (exact) mass is 287 g/mol. The first-order valence-electron chi connectivity index (χ1n) is 6.92. The summed E-state index contributed by atoms with van der Waals surface area (Å²) >= 11 is 0. The van der Waals surface area contributed by atoms with Crippen molar-refractivity contribution in [2.24, 2.45) is 0 Å². The van der Waals surface area contributed by atoms with Crippen LogP contribution in [0.3, 0.4) is 0 Å². The number of methoxy groups -OCH3 is 1. The largest absolute Gasteiger partial charge is 0.465 e. The van der Waals surface area contributed by atoms with Gasteiger partial charge in [0.25, 0.3) is 0 Å². The zero-order valence-electron chi connectivity index (χ0n) is 12.7. The van der Waals surface area contributed by atoms with Gasteiger partial charge in [0.15, 0.2) is 0 Å². The molecule has 0 aliphatic heterocycles. The Hall–Kier alpha value is -2.14. The Morgan fingerprint density at radius 3 is 2.81 bits per heavy atom. The molecule has 0 atom stereocenters. The van der Waals surface area contributed by atoms with Crippen molar-refractivity contribution >= 4 is 5.97 Å². The van der Waals surface area contributed by atoms with E-state index in [-0.39, 0.29) is 5.97 Å². The second-order valence-corrected chi connectivity index (χ2v) is 5.17. The summed E-state index contributed by atoms with van der Waals surface area (Å²) in [4.78, 5) is 18.3. The molecule has 1 aromatic carbocycles. The molecule has 2 rings (SSSR count). The zero-order valence-corrected chi connectivity index (χ0v) is 12.7. The molecule has 0 saturated heterocycles. The van der Waals surface area contributed by atoms with Gasteiger partial charge in [-0.1, -0.05) is 18.2 Å². The number of rotatable bonds is 6. The van der Waals surface area contributed by atoms with E-state index in [2.05, 4.69) is 14.5 Å². The van der Waals surface area contributed by atoms with E-state index >= 15 is 0 Å². The maximum atomic E-state index is 11.8. The molecule has 21 heavy (non-hydrogen) atoms. The van der Waals surface area contributed by atoms with E-state index in [9.17, 15) is 4.79 Å². The van der Waals surface area contributed by atoms with E-state index < -0.39 is 0 Å². The molecule has 0 radical (unpaired) electrons. The van der Waals surface area contributed by atoms with Gasteiger partial charge in [0.2, 0.25) is 0 Å². The van der Waals surface area contributed by atoms with Crippen LogP contribution in [0.25, 0.3) is 0 Å². The highest BCUT2D eigenvalue weighted by Gasteiger charge is 2.12. The fraction of sp³-hybridized carbons (Fsp3) is 0.375.